The molecule has 0 aliphatic carbocycles. The highest BCUT2D eigenvalue weighted by Crippen LogP contribution is 2.23. The Morgan fingerprint density at radius 3 is 2.67 bits per heavy atom. The third-order valence-corrected chi connectivity index (χ3v) is 6.65. The molecule has 0 saturated heterocycles. The molecule has 0 unspecified atom stereocenters. The average molecular weight is 386 g/mol. The highest BCUT2D eigenvalue weighted by Gasteiger charge is 2.21. The van der Waals surface area contributed by atoms with Gasteiger partial charge in [-0.2, -0.15) is 5.10 Å². The van der Waals surface area contributed by atoms with Crippen LogP contribution in [0.1, 0.15) is 48.2 Å². The molecular formula is C20H27N5OS. The van der Waals surface area contributed by atoms with Gasteiger partial charge in [-0.15, -0.1) is 11.3 Å². The standard InChI is InChI=1S/C20H27N5OS/c1-12(2)25-15(5)16(14(4)22-25)10-23-7-6-17-21-18-13(3)11-27-19(18)20(26)24(17)9-8-23/h11-12H,6-10H2,1-5H3. The summed E-state index contributed by atoms with van der Waals surface area (Å²) in [6, 6.07) is 0.366. The normalized spacial score (nSPS) is 15.5. The van der Waals surface area contributed by atoms with Gasteiger partial charge < -0.3 is 0 Å². The lowest BCUT2D eigenvalue weighted by atomic mass is 10.1. The maximum Gasteiger partial charge on any atom is 0.271 e. The summed E-state index contributed by atoms with van der Waals surface area (Å²) >= 11 is 1.51. The largest absolute Gasteiger partial charge is 0.297 e. The monoisotopic (exact) mass is 385 g/mol. The molecule has 27 heavy (non-hydrogen) atoms. The molecule has 0 spiro atoms. The van der Waals surface area contributed by atoms with Crippen molar-refractivity contribution in [3.8, 4) is 0 Å². The highest BCUT2D eigenvalue weighted by atomic mass is 32.1. The summed E-state index contributed by atoms with van der Waals surface area (Å²) in [5.41, 5.74) is 5.77. The molecule has 0 radical (unpaired) electrons. The summed E-state index contributed by atoms with van der Waals surface area (Å²) in [7, 11) is 0. The van der Waals surface area contributed by atoms with Crippen LogP contribution in [0, 0.1) is 20.8 Å². The lowest BCUT2D eigenvalue weighted by molar-refractivity contribution is 0.270. The number of hydrogen-bond donors (Lipinski definition) is 0. The third kappa shape index (κ3) is 3.12. The predicted octanol–water partition coefficient (Wildman–Crippen LogP) is 3.22. The van der Waals surface area contributed by atoms with E-state index in [4.69, 9.17) is 10.1 Å². The van der Waals surface area contributed by atoms with Gasteiger partial charge in [0.15, 0.2) is 0 Å². The summed E-state index contributed by atoms with van der Waals surface area (Å²) in [5.74, 6) is 0.919. The number of nitrogens with zero attached hydrogens (tertiary/aromatic N) is 5. The van der Waals surface area contributed by atoms with Gasteiger partial charge in [-0.05, 0) is 45.6 Å². The number of aromatic nitrogens is 4. The first kappa shape index (κ1) is 18.4. The highest BCUT2D eigenvalue weighted by molar-refractivity contribution is 7.17. The van der Waals surface area contributed by atoms with Crippen molar-refractivity contribution in [2.45, 2.75) is 60.2 Å². The zero-order valence-electron chi connectivity index (χ0n) is 16.7. The van der Waals surface area contributed by atoms with E-state index < -0.39 is 0 Å². The van der Waals surface area contributed by atoms with Crippen LogP contribution in [-0.4, -0.2) is 37.3 Å². The fraction of sp³-hybridized carbons (Fsp3) is 0.550. The van der Waals surface area contributed by atoms with Crippen molar-refractivity contribution < 1.29 is 0 Å². The molecule has 0 fully saturated rings. The minimum Gasteiger partial charge on any atom is -0.297 e. The quantitative estimate of drug-likeness (QED) is 0.695. The van der Waals surface area contributed by atoms with Crippen molar-refractivity contribution in [1.29, 1.82) is 0 Å². The van der Waals surface area contributed by atoms with Crippen LogP contribution in [-0.2, 0) is 19.5 Å². The van der Waals surface area contributed by atoms with E-state index in [9.17, 15) is 4.79 Å². The Kier molecular flexibility index (Phi) is 4.68. The zero-order chi connectivity index (χ0) is 19.3. The van der Waals surface area contributed by atoms with Crippen LogP contribution in [0.4, 0.5) is 0 Å². The van der Waals surface area contributed by atoms with Gasteiger partial charge in [-0.25, -0.2) is 4.98 Å². The topological polar surface area (TPSA) is 56.0 Å². The summed E-state index contributed by atoms with van der Waals surface area (Å²) in [6.45, 7) is 14.0. The van der Waals surface area contributed by atoms with Crippen LogP contribution < -0.4 is 5.56 Å². The van der Waals surface area contributed by atoms with Gasteiger partial charge in [-0.1, -0.05) is 0 Å². The van der Waals surface area contributed by atoms with Crippen LogP contribution in [0.3, 0.4) is 0 Å². The van der Waals surface area contributed by atoms with Crippen molar-refractivity contribution in [2.24, 2.45) is 0 Å². The van der Waals surface area contributed by atoms with Gasteiger partial charge in [0.2, 0.25) is 0 Å². The lowest BCUT2D eigenvalue weighted by Crippen LogP contribution is -2.29. The molecule has 0 saturated carbocycles. The second-order valence-corrected chi connectivity index (χ2v) is 8.67. The van der Waals surface area contributed by atoms with Gasteiger partial charge in [0, 0.05) is 49.9 Å². The molecule has 0 aromatic carbocycles. The SMILES string of the molecule is Cc1nn(C(C)C)c(C)c1CN1CCc2nc3c(C)csc3c(=O)n2CC1. The second-order valence-electron chi connectivity index (χ2n) is 7.80. The molecule has 144 valence electrons. The number of fused-ring (bicyclic) bond motifs is 2. The molecular weight excluding hydrogens is 358 g/mol. The number of rotatable bonds is 3. The van der Waals surface area contributed by atoms with Crippen molar-refractivity contribution in [2.75, 3.05) is 13.1 Å². The number of aryl methyl sites for hydroxylation is 2. The first-order valence-electron chi connectivity index (χ1n) is 9.61. The molecule has 4 heterocycles. The maximum absolute atomic E-state index is 12.9. The lowest BCUT2D eigenvalue weighted by Gasteiger charge is -2.19. The van der Waals surface area contributed by atoms with Crippen LogP contribution in [0.15, 0.2) is 10.2 Å². The molecule has 0 bridgehead atoms. The molecule has 3 aromatic heterocycles. The van der Waals surface area contributed by atoms with E-state index in [1.807, 2.05) is 16.9 Å². The number of hydrogen-bond acceptors (Lipinski definition) is 5. The van der Waals surface area contributed by atoms with Gasteiger partial charge in [0.25, 0.3) is 5.56 Å². The predicted molar refractivity (Wildman–Crippen MR) is 110 cm³/mol. The Bertz CT molecular complexity index is 1060. The first-order valence-corrected chi connectivity index (χ1v) is 10.5. The van der Waals surface area contributed by atoms with Gasteiger partial charge in [0.05, 0.1) is 11.2 Å². The molecule has 4 rings (SSSR count). The van der Waals surface area contributed by atoms with E-state index in [2.05, 4.69) is 37.3 Å². The Hall–Kier alpha value is -1.99. The fourth-order valence-electron chi connectivity index (χ4n) is 4.00. The Balaban J connectivity index is 1.60. The van der Waals surface area contributed by atoms with E-state index in [0.29, 0.717) is 12.6 Å². The van der Waals surface area contributed by atoms with Crippen LogP contribution in [0.5, 0.6) is 0 Å². The van der Waals surface area contributed by atoms with E-state index in [1.54, 1.807) is 0 Å². The minimum absolute atomic E-state index is 0.120. The molecule has 6 nitrogen and oxygen atoms in total. The third-order valence-electron chi connectivity index (χ3n) is 5.57. The Morgan fingerprint density at radius 2 is 1.96 bits per heavy atom. The summed E-state index contributed by atoms with van der Waals surface area (Å²) in [5, 5.41) is 6.75. The molecule has 0 N–H and O–H groups in total. The van der Waals surface area contributed by atoms with Gasteiger partial charge >= 0.3 is 0 Å². The van der Waals surface area contributed by atoms with Gasteiger partial charge in [-0.3, -0.25) is 18.9 Å². The minimum atomic E-state index is 0.120. The Labute approximate surface area is 163 Å². The fourth-order valence-corrected chi connectivity index (χ4v) is 4.94. The van der Waals surface area contributed by atoms with E-state index in [-0.39, 0.29) is 5.56 Å². The van der Waals surface area contributed by atoms with Crippen molar-refractivity contribution >= 4 is 21.6 Å². The van der Waals surface area contributed by atoms with Crippen LogP contribution in [0.25, 0.3) is 10.2 Å². The van der Waals surface area contributed by atoms with Crippen LogP contribution in [0.2, 0.25) is 0 Å². The van der Waals surface area contributed by atoms with Crippen molar-refractivity contribution in [3.05, 3.63) is 44.1 Å². The van der Waals surface area contributed by atoms with E-state index in [0.717, 1.165) is 53.4 Å². The molecule has 1 aliphatic heterocycles. The van der Waals surface area contributed by atoms with Crippen molar-refractivity contribution in [3.63, 3.8) is 0 Å². The Morgan fingerprint density at radius 1 is 1.19 bits per heavy atom. The smallest absolute Gasteiger partial charge is 0.271 e. The molecule has 0 atom stereocenters. The zero-order valence-corrected chi connectivity index (χ0v) is 17.6. The summed E-state index contributed by atoms with van der Waals surface area (Å²) in [4.78, 5) is 20.1. The molecule has 7 heteroatoms. The average Bonchev–Trinajstić information content (AvgIpc) is 3.04. The van der Waals surface area contributed by atoms with Gasteiger partial charge in [0.1, 0.15) is 10.5 Å². The molecule has 0 amide bonds. The molecule has 1 aliphatic rings. The van der Waals surface area contributed by atoms with E-state index in [1.165, 1.54) is 22.6 Å². The first-order chi connectivity index (χ1) is 12.9. The molecule has 3 aromatic rings. The summed E-state index contributed by atoms with van der Waals surface area (Å²) < 4.78 is 4.78. The van der Waals surface area contributed by atoms with Crippen LogP contribution >= 0.6 is 11.3 Å². The van der Waals surface area contributed by atoms with E-state index >= 15 is 0 Å². The maximum atomic E-state index is 12.9. The number of thiophene rings is 1. The second kappa shape index (κ2) is 6.87. The summed E-state index contributed by atoms with van der Waals surface area (Å²) in [6.07, 6.45) is 0.802. The van der Waals surface area contributed by atoms with Crippen molar-refractivity contribution in [1.82, 2.24) is 24.2 Å².